The van der Waals surface area contributed by atoms with Crippen LogP contribution in [0.5, 0.6) is 0 Å². The van der Waals surface area contributed by atoms with Crippen LogP contribution in [0.25, 0.3) is 10.6 Å². The standard InChI is InChI=1S/C19H28N4OS.HI/c1-4-20-19(21-12-9-13-24-5-2)22-14-17-15(3)23-18(25-17)16-10-7-6-8-11-16;/h6-8,10-11H,4-5,9,12-14H2,1-3H3,(H2,20,21,22);1H. The Labute approximate surface area is 177 Å². The lowest BCUT2D eigenvalue weighted by atomic mass is 10.2. The van der Waals surface area contributed by atoms with E-state index in [1.54, 1.807) is 11.3 Å². The Morgan fingerprint density at radius 2 is 1.96 bits per heavy atom. The highest BCUT2D eigenvalue weighted by Crippen LogP contribution is 2.28. The van der Waals surface area contributed by atoms with Crippen molar-refractivity contribution in [3.8, 4) is 10.6 Å². The Kier molecular flexibility index (Phi) is 11.5. The van der Waals surface area contributed by atoms with Gasteiger partial charge >= 0.3 is 0 Å². The van der Waals surface area contributed by atoms with Gasteiger partial charge in [0, 0.05) is 36.7 Å². The molecule has 1 aromatic carbocycles. The van der Waals surface area contributed by atoms with Crippen LogP contribution in [-0.4, -0.2) is 37.2 Å². The number of thiazole rings is 1. The molecule has 7 heteroatoms. The summed E-state index contributed by atoms with van der Waals surface area (Å²) in [7, 11) is 0. The summed E-state index contributed by atoms with van der Waals surface area (Å²) in [5.41, 5.74) is 2.21. The Morgan fingerprint density at radius 1 is 1.19 bits per heavy atom. The van der Waals surface area contributed by atoms with Crippen LogP contribution >= 0.6 is 35.3 Å². The molecule has 1 heterocycles. The summed E-state index contributed by atoms with van der Waals surface area (Å²) < 4.78 is 5.36. The number of benzene rings is 1. The minimum atomic E-state index is 0. The fourth-order valence-corrected chi connectivity index (χ4v) is 3.29. The number of nitrogens with one attached hydrogen (secondary N) is 2. The summed E-state index contributed by atoms with van der Waals surface area (Å²) in [4.78, 5) is 10.6. The molecule has 1 aromatic heterocycles. The molecule has 26 heavy (non-hydrogen) atoms. The molecule has 5 nitrogen and oxygen atoms in total. The van der Waals surface area contributed by atoms with Crippen molar-refractivity contribution >= 4 is 41.3 Å². The molecule has 0 aliphatic heterocycles. The van der Waals surface area contributed by atoms with Crippen LogP contribution in [0.2, 0.25) is 0 Å². The molecule has 0 saturated heterocycles. The van der Waals surface area contributed by atoms with E-state index in [1.165, 1.54) is 4.88 Å². The predicted octanol–water partition coefficient (Wildman–Crippen LogP) is 4.22. The lowest BCUT2D eigenvalue weighted by Crippen LogP contribution is -2.38. The summed E-state index contributed by atoms with van der Waals surface area (Å²) >= 11 is 1.71. The highest BCUT2D eigenvalue weighted by atomic mass is 127. The molecule has 2 N–H and O–H groups in total. The zero-order valence-corrected chi connectivity index (χ0v) is 18.9. The van der Waals surface area contributed by atoms with Gasteiger partial charge in [-0.1, -0.05) is 30.3 Å². The van der Waals surface area contributed by atoms with Crippen LogP contribution < -0.4 is 10.6 Å². The van der Waals surface area contributed by atoms with Gasteiger partial charge in [0.15, 0.2) is 5.96 Å². The van der Waals surface area contributed by atoms with E-state index < -0.39 is 0 Å². The largest absolute Gasteiger partial charge is 0.382 e. The minimum Gasteiger partial charge on any atom is -0.382 e. The third kappa shape index (κ3) is 7.59. The van der Waals surface area contributed by atoms with Gasteiger partial charge in [0.25, 0.3) is 0 Å². The van der Waals surface area contributed by atoms with E-state index in [4.69, 9.17) is 14.7 Å². The van der Waals surface area contributed by atoms with E-state index in [0.29, 0.717) is 6.54 Å². The number of ether oxygens (including phenoxy) is 1. The first kappa shape index (κ1) is 22.9. The van der Waals surface area contributed by atoms with Gasteiger partial charge < -0.3 is 15.4 Å². The van der Waals surface area contributed by atoms with Crippen LogP contribution in [0.4, 0.5) is 0 Å². The van der Waals surface area contributed by atoms with Gasteiger partial charge in [0.2, 0.25) is 0 Å². The van der Waals surface area contributed by atoms with Gasteiger partial charge in [-0.25, -0.2) is 9.98 Å². The maximum Gasteiger partial charge on any atom is 0.191 e. The van der Waals surface area contributed by atoms with E-state index in [0.717, 1.165) is 54.9 Å². The first-order valence-corrected chi connectivity index (χ1v) is 9.67. The van der Waals surface area contributed by atoms with Gasteiger partial charge in [0.05, 0.1) is 12.2 Å². The summed E-state index contributed by atoms with van der Waals surface area (Å²) in [6.45, 7) is 10.0. The molecule has 2 aromatic rings. The second-order valence-corrected chi connectivity index (χ2v) is 6.65. The molecule has 0 aliphatic rings. The lowest BCUT2D eigenvalue weighted by Gasteiger charge is -2.11. The monoisotopic (exact) mass is 488 g/mol. The summed E-state index contributed by atoms with van der Waals surface area (Å²) in [6, 6.07) is 10.3. The number of rotatable bonds is 9. The van der Waals surface area contributed by atoms with E-state index in [-0.39, 0.29) is 24.0 Å². The zero-order valence-electron chi connectivity index (χ0n) is 15.7. The minimum absolute atomic E-state index is 0. The molecule has 0 saturated carbocycles. The number of aliphatic imine (C=N–C) groups is 1. The molecule has 0 radical (unpaired) electrons. The Morgan fingerprint density at radius 3 is 2.65 bits per heavy atom. The van der Waals surface area contributed by atoms with E-state index in [2.05, 4.69) is 36.6 Å². The SMILES string of the molecule is CCNC(=NCc1sc(-c2ccccc2)nc1C)NCCCOCC.I. The number of guanidine groups is 1. The number of nitrogens with zero attached hydrogens (tertiary/aromatic N) is 2. The van der Waals surface area contributed by atoms with Crippen LogP contribution in [0.3, 0.4) is 0 Å². The first-order valence-electron chi connectivity index (χ1n) is 8.86. The highest BCUT2D eigenvalue weighted by Gasteiger charge is 2.09. The van der Waals surface area contributed by atoms with Gasteiger partial charge in [-0.05, 0) is 27.2 Å². The highest BCUT2D eigenvalue weighted by molar-refractivity contribution is 14.0. The van der Waals surface area contributed by atoms with Crippen molar-refractivity contribution in [2.45, 2.75) is 33.7 Å². The molecule has 0 amide bonds. The Balaban J connectivity index is 0.00000338. The predicted molar refractivity (Wildman–Crippen MR) is 122 cm³/mol. The second-order valence-electron chi connectivity index (χ2n) is 5.57. The normalized spacial score (nSPS) is 11.1. The van der Waals surface area contributed by atoms with E-state index >= 15 is 0 Å². The summed E-state index contributed by atoms with van der Waals surface area (Å²) in [5.74, 6) is 0.841. The number of hydrogen-bond acceptors (Lipinski definition) is 4. The lowest BCUT2D eigenvalue weighted by molar-refractivity contribution is 0.145. The fraction of sp³-hybridized carbons (Fsp3) is 0.474. The van der Waals surface area contributed by atoms with E-state index in [1.807, 2.05) is 25.1 Å². The zero-order chi connectivity index (χ0) is 17.9. The topological polar surface area (TPSA) is 58.5 Å². The van der Waals surface area contributed by atoms with Crippen molar-refractivity contribution in [3.05, 3.63) is 40.9 Å². The smallest absolute Gasteiger partial charge is 0.191 e. The number of aryl methyl sites for hydroxylation is 1. The van der Waals surface area contributed by atoms with Crippen molar-refractivity contribution in [3.63, 3.8) is 0 Å². The Bertz CT molecular complexity index is 661. The van der Waals surface area contributed by atoms with Crippen molar-refractivity contribution in [2.75, 3.05) is 26.3 Å². The van der Waals surface area contributed by atoms with Crippen LogP contribution in [0, 0.1) is 6.92 Å². The average Bonchev–Trinajstić information content (AvgIpc) is 3.01. The molecule has 144 valence electrons. The summed E-state index contributed by atoms with van der Waals surface area (Å²) in [6.07, 6.45) is 0.968. The molecule has 0 unspecified atom stereocenters. The summed E-state index contributed by atoms with van der Waals surface area (Å²) in [5, 5.41) is 7.69. The molecular weight excluding hydrogens is 459 g/mol. The number of halogens is 1. The quantitative estimate of drug-likeness (QED) is 0.240. The number of hydrogen-bond donors (Lipinski definition) is 2. The third-order valence-electron chi connectivity index (χ3n) is 3.60. The number of aromatic nitrogens is 1. The first-order chi connectivity index (χ1) is 12.2. The maximum absolute atomic E-state index is 5.36. The van der Waals surface area contributed by atoms with Gasteiger partial charge in [-0.2, -0.15) is 0 Å². The van der Waals surface area contributed by atoms with Crippen molar-refractivity contribution in [2.24, 2.45) is 4.99 Å². The molecule has 0 atom stereocenters. The second kappa shape index (κ2) is 13.1. The van der Waals surface area contributed by atoms with Crippen LogP contribution in [0.1, 0.15) is 30.8 Å². The van der Waals surface area contributed by atoms with Gasteiger partial charge in [0.1, 0.15) is 5.01 Å². The Hall–Kier alpha value is -1.19. The molecule has 0 bridgehead atoms. The van der Waals surface area contributed by atoms with Crippen LogP contribution in [-0.2, 0) is 11.3 Å². The fourth-order valence-electron chi connectivity index (χ4n) is 2.30. The third-order valence-corrected chi connectivity index (χ3v) is 4.79. The average molecular weight is 488 g/mol. The van der Waals surface area contributed by atoms with Crippen molar-refractivity contribution < 1.29 is 4.74 Å². The molecule has 0 fully saturated rings. The van der Waals surface area contributed by atoms with Gasteiger partial charge in [-0.15, -0.1) is 35.3 Å². The van der Waals surface area contributed by atoms with Crippen molar-refractivity contribution in [1.29, 1.82) is 0 Å². The van der Waals surface area contributed by atoms with E-state index in [9.17, 15) is 0 Å². The molecule has 2 rings (SSSR count). The van der Waals surface area contributed by atoms with Crippen LogP contribution in [0.15, 0.2) is 35.3 Å². The molecule has 0 aliphatic carbocycles. The molecular formula is C19H29IN4OS. The molecule has 0 spiro atoms. The van der Waals surface area contributed by atoms with Crippen molar-refractivity contribution in [1.82, 2.24) is 15.6 Å². The van der Waals surface area contributed by atoms with Gasteiger partial charge in [-0.3, -0.25) is 0 Å². The maximum atomic E-state index is 5.36.